The summed E-state index contributed by atoms with van der Waals surface area (Å²) in [4.78, 5) is 14.8. The lowest BCUT2D eigenvalue weighted by Crippen LogP contribution is -1.86. The highest BCUT2D eigenvalue weighted by Gasteiger charge is 2.00. The van der Waals surface area contributed by atoms with Crippen LogP contribution in [0.1, 0.15) is 15.9 Å². The molecule has 74 valence electrons. The third-order valence-corrected chi connectivity index (χ3v) is 2.23. The van der Waals surface area contributed by atoms with Crippen LogP contribution in [0.25, 0.3) is 11.1 Å². The molecule has 0 aliphatic carbocycles. The Morgan fingerprint density at radius 3 is 2.73 bits per heavy atom. The van der Waals surface area contributed by atoms with Gasteiger partial charge in [-0.15, -0.1) is 0 Å². The molecule has 0 aliphatic rings. The molecule has 0 aliphatic heterocycles. The monoisotopic (exact) mass is 197 g/mol. The van der Waals surface area contributed by atoms with Crippen LogP contribution >= 0.6 is 0 Å². The van der Waals surface area contributed by atoms with E-state index >= 15 is 0 Å². The van der Waals surface area contributed by atoms with Crippen molar-refractivity contribution in [2.24, 2.45) is 0 Å². The van der Waals surface area contributed by atoms with E-state index in [0.29, 0.717) is 5.56 Å². The number of hydrogen-bond donors (Lipinski definition) is 0. The van der Waals surface area contributed by atoms with E-state index in [2.05, 4.69) is 4.98 Å². The van der Waals surface area contributed by atoms with Crippen LogP contribution < -0.4 is 0 Å². The Balaban J connectivity index is 2.53. The standard InChI is InChI=1S/C13H11NO/c1-10-5-11(9-15)7-13(6-10)12-3-2-4-14-8-12/h2-9H,1H3. The minimum atomic E-state index is 0.703. The Morgan fingerprint density at radius 2 is 2.07 bits per heavy atom. The summed E-state index contributed by atoms with van der Waals surface area (Å²) in [5, 5.41) is 0. The lowest BCUT2D eigenvalue weighted by Gasteiger charge is -2.03. The molecule has 0 bridgehead atoms. The number of carbonyl (C=O) groups excluding carboxylic acids is 1. The van der Waals surface area contributed by atoms with Crippen LogP contribution in [0.5, 0.6) is 0 Å². The van der Waals surface area contributed by atoms with Crippen molar-refractivity contribution < 1.29 is 4.79 Å². The van der Waals surface area contributed by atoms with Gasteiger partial charge in [-0.2, -0.15) is 0 Å². The first-order valence-electron chi connectivity index (χ1n) is 4.77. The molecule has 0 saturated heterocycles. The summed E-state index contributed by atoms with van der Waals surface area (Å²) in [6, 6.07) is 9.66. The predicted molar refractivity (Wildman–Crippen MR) is 59.8 cm³/mol. The number of pyridine rings is 1. The highest BCUT2D eigenvalue weighted by molar-refractivity contribution is 5.79. The number of aromatic nitrogens is 1. The summed E-state index contributed by atoms with van der Waals surface area (Å²) in [6.07, 6.45) is 4.40. The molecule has 1 aromatic heterocycles. The van der Waals surface area contributed by atoms with E-state index in [1.165, 1.54) is 0 Å². The van der Waals surface area contributed by atoms with E-state index in [1.54, 1.807) is 12.4 Å². The molecular weight excluding hydrogens is 186 g/mol. The summed E-state index contributed by atoms with van der Waals surface area (Å²) < 4.78 is 0. The second-order valence-electron chi connectivity index (χ2n) is 3.49. The average Bonchev–Trinajstić information content (AvgIpc) is 2.29. The summed E-state index contributed by atoms with van der Waals surface area (Å²) in [5.41, 5.74) is 3.85. The average molecular weight is 197 g/mol. The van der Waals surface area contributed by atoms with Gasteiger partial charge in [0.2, 0.25) is 0 Å². The number of rotatable bonds is 2. The van der Waals surface area contributed by atoms with Crippen molar-refractivity contribution in [2.75, 3.05) is 0 Å². The Kier molecular flexibility index (Phi) is 2.59. The topological polar surface area (TPSA) is 30.0 Å². The molecule has 2 aromatic rings. The molecule has 0 N–H and O–H groups in total. The maximum absolute atomic E-state index is 10.7. The molecule has 2 rings (SSSR count). The van der Waals surface area contributed by atoms with Crippen LogP contribution in [-0.2, 0) is 0 Å². The van der Waals surface area contributed by atoms with Gasteiger partial charge in [0.15, 0.2) is 0 Å². The van der Waals surface area contributed by atoms with Gasteiger partial charge in [0.05, 0.1) is 0 Å². The first-order valence-corrected chi connectivity index (χ1v) is 4.77. The Labute approximate surface area is 88.6 Å². The zero-order valence-corrected chi connectivity index (χ0v) is 8.47. The van der Waals surface area contributed by atoms with Gasteiger partial charge in [-0.25, -0.2) is 0 Å². The van der Waals surface area contributed by atoms with Crippen molar-refractivity contribution in [2.45, 2.75) is 6.92 Å². The zero-order valence-electron chi connectivity index (χ0n) is 8.47. The fraction of sp³-hybridized carbons (Fsp3) is 0.0769. The number of benzene rings is 1. The van der Waals surface area contributed by atoms with Gasteiger partial charge in [-0.05, 0) is 36.2 Å². The van der Waals surface area contributed by atoms with Crippen LogP contribution in [0.2, 0.25) is 0 Å². The van der Waals surface area contributed by atoms with Gasteiger partial charge in [0, 0.05) is 23.5 Å². The second-order valence-corrected chi connectivity index (χ2v) is 3.49. The number of aryl methyl sites for hydroxylation is 1. The van der Waals surface area contributed by atoms with E-state index in [9.17, 15) is 4.79 Å². The lowest BCUT2D eigenvalue weighted by molar-refractivity contribution is 0.112. The molecule has 0 spiro atoms. The van der Waals surface area contributed by atoms with Gasteiger partial charge in [0.1, 0.15) is 6.29 Å². The number of aldehydes is 1. The summed E-state index contributed by atoms with van der Waals surface area (Å²) in [7, 11) is 0. The molecular formula is C13H11NO. The van der Waals surface area contributed by atoms with Crippen LogP contribution in [0.3, 0.4) is 0 Å². The van der Waals surface area contributed by atoms with Gasteiger partial charge in [-0.1, -0.05) is 12.1 Å². The molecule has 0 unspecified atom stereocenters. The summed E-state index contributed by atoms with van der Waals surface area (Å²) >= 11 is 0. The smallest absolute Gasteiger partial charge is 0.150 e. The molecule has 0 amide bonds. The van der Waals surface area contributed by atoms with E-state index in [-0.39, 0.29) is 0 Å². The molecule has 0 radical (unpaired) electrons. The van der Waals surface area contributed by atoms with Crippen molar-refractivity contribution in [3.05, 3.63) is 53.9 Å². The van der Waals surface area contributed by atoms with Crippen molar-refractivity contribution >= 4 is 6.29 Å². The largest absolute Gasteiger partial charge is 0.298 e. The Bertz CT molecular complexity index is 477. The normalized spacial score (nSPS) is 9.93. The number of nitrogens with zero attached hydrogens (tertiary/aromatic N) is 1. The number of carbonyl (C=O) groups is 1. The van der Waals surface area contributed by atoms with Gasteiger partial charge < -0.3 is 0 Å². The molecule has 15 heavy (non-hydrogen) atoms. The highest BCUT2D eigenvalue weighted by atomic mass is 16.1. The van der Waals surface area contributed by atoms with E-state index < -0.39 is 0 Å². The quantitative estimate of drug-likeness (QED) is 0.693. The zero-order chi connectivity index (χ0) is 10.7. The van der Waals surface area contributed by atoms with E-state index in [4.69, 9.17) is 0 Å². The third-order valence-electron chi connectivity index (χ3n) is 2.23. The fourth-order valence-corrected chi connectivity index (χ4v) is 1.58. The molecule has 1 heterocycles. The van der Waals surface area contributed by atoms with Gasteiger partial charge in [0.25, 0.3) is 0 Å². The molecule has 2 nitrogen and oxygen atoms in total. The van der Waals surface area contributed by atoms with E-state index in [1.807, 2.05) is 37.3 Å². The van der Waals surface area contributed by atoms with E-state index in [0.717, 1.165) is 23.0 Å². The molecule has 1 aromatic carbocycles. The second kappa shape index (κ2) is 4.05. The van der Waals surface area contributed by atoms with Gasteiger partial charge in [-0.3, -0.25) is 9.78 Å². The van der Waals surface area contributed by atoms with Crippen LogP contribution in [0.15, 0.2) is 42.7 Å². The molecule has 0 fully saturated rings. The van der Waals surface area contributed by atoms with Crippen molar-refractivity contribution in [3.63, 3.8) is 0 Å². The predicted octanol–water partition coefficient (Wildman–Crippen LogP) is 2.87. The lowest BCUT2D eigenvalue weighted by atomic mass is 10.0. The van der Waals surface area contributed by atoms with Crippen LogP contribution in [0, 0.1) is 6.92 Å². The van der Waals surface area contributed by atoms with Crippen LogP contribution in [-0.4, -0.2) is 11.3 Å². The number of hydrogen-bond acceptors (Lipinski definition) is 2. The minimum Gasteiger partial charge on any atom is -0.298 e. The first-order chi connectivity index (χ1) is 7.29. The Hall–Kier alpha value is -1.96. The third kappa shape index (κ3) is 2.10. The first kappa shape index (κ1) is 9.59. The molecule has 2 heteroatoms. The summed E-state index contributed by atoms with van der Waals surface area (Å²) in [6.45, 7) is 1.98. The van der Waals surface area contributed by atoms with Crippen molar-refractivity contribution in [3.8, 4) is 11.1 Å². The Morgan fingerprint density at radius 1 is 1.20 bits per heavy atom. The molecule has 0 atom stereocenters. The highest BCUT2D eigenvalue weighted by Crippen LogP contribution is 2.20. The minimum absolute atomic E-state index is 0.703. The maximum atomic E-state index is 10.7. The van der Waals surface area contributed by atoms with Crippen LogP contribution in [0.4, 0.5) is 0 Å². The van der Waals surface area contributed by atoms with Crippen molar-refractivity contribution in [1.82, 2.24) is 4.98 Å². The van der Waals surface area contributed by atoms with Gasteiger partial charge >= 0.3 is 0 Å². The SMILES string of the molecule is Cc1cc(C=O)cc(-c2cccnc2)c1. The molecule has 0 saturated carbocycles. The van der Waals surface area contributed by atoms with Crippen molar-refractivity contribution in [1.29, 1.82) is 0 Å². The fourth-order valence-electron chi connectivity index (χ4n) is 1.58. The summed E-state index contributed by atoms with van der Waals surface area (Å²) in [5.74, 6) is 0. The maximum Gasteiger partial charge on any atom is 0.150 e.